The van der Waals surface area contributed by atoms with Crippen LogP contribution in [0.2, 0.25) is 0 Å². The quantitative estimate of drug-likeness (QED) is 0.820. The summed E-state index contributed by atoms with van der Waals surface area (Å²) in [6.07, 6.45) is 1.66. The highest BCUT2D eigenvalue weighted by Gasteiger charge is 2.08. The van der Waals surface area contributed by atoms with Gasteiger partial charge in [0.05, 0.1) is 7.11 Å². The number of esters is 1. The summed E-state index contributed by atoms with van der Waals surface area (Å²) in [5.41, 5.74) is 0.691. The maximum absolute atomic E-state index is 11.5. The number of para-hydroxylation sites is 1. The lowest BCUT2D eigenvalue weighted by atomic mass is 10.2. The Labute approximate surface area is 115 Å². The third kappa shape index (κ3) is 3.44. The summed E-state index contributed by atoms with van der Waals surface area (Å²) in [7, 11) is 1.26. The minimum Gasteiger partial charge on any atom is -0.481 e. The zero-order valence-electron chi connectivity index (χ0n) is 11.0. The van der Waals surface area contributed by atoms with Crippen LogP contribution in [0, 0.1) is 0 Å². The average molecular weight is 274 g/mol. The average Bonchev–Trinajstić information content (AvgIpc) is 2.50. The largest absolute Gasteiger partial charge is 0.481 e. The van der Waals surface area contributed by atoms with Gasteiger partial charge in [0, 0.05) is 11.6 Å². The minimum atomic E-state index is -0.509. The summed E-state index contributed by atoms with van der Waals surface area (Å²) in [6, 6.07) is 9.21. The van der Waals surface area contributed by atoms with E-state index in [9.17, 15) is 9.59 Å². The smallest absolute Gasteiger partial charge is 0.325 e. The predicted octanol–water partition coefficient (Wildman–Crippen LogP) is 0.903. The molecule has 0 atom stereocenters. The lowest BCUT2D eigenvalue weighted by molar-refractivity contribution is -0.141. The first-order chi connectivity index (χ1) is 9.70. The van der Waals surface area contributed by atoms with Crippen molar-refractivity contribution in [1.29, 1.82) is 0 Å². The number of hydrogen-bond donors (Lipinski definition) is 1. The Morgan fingerprint density at radius 1 is 1.25 bits per heavy atom. The number of ether oxygens (including phenoxy) is 2. The van der Waals surface area contributed by atoms with E-state index < -0.39 is 11.9 Å². The summed E-state index contributed by atoms with van der Waals surface area (Å²) < 4.78 is 9.84. The number of nitrogens with one attached hydrogen (secondary N) is 1. The Balaban J connectivity index is 1.96. The Morgan fingerprint density at radius 3 is 2.85 bits per heavy atom. The molecule has 0 aliphatic rings. The van der Waals surface area contributed by atoms with E-state index in [4.69, 9.17) is 4.74 Å². The molecule has 1 N–H and O–H groups in total. The molecule has 0 saturated carbocycles. The molecule has 1 aromatic heterocycles. The second-order valence-electron chi connectivity index (χ2n) is 3.97. The second kappa shape index (κ2) is 6.51. The molecule has 0 bridgehead atoms. The van der Waals surface area contributed by atoms with Crippen LogP contribution in [-0.2, 0) is 14.3 Å². The second-order valence-corrected chi connectivity index (χ2v) is 3.97. The Hall–Kier alpha value is -2.63. The normalized spacial score (nSPS) is 10.1. The molecule has 0 unspecified atom stereocenters. The molecule has 1 amide bonds. The number of fused-ring (bicyclic) bond motifs is 1. The number of methoxy groups -OCH3 is 1. The van der Waals surface area contributed by atoms with E-state index in [1.807, 2.05) is 24.3 Å². The van der Waals surface area contributed by atoms with Gasteiger partial charge in [0.2, 0.25) is 0 Å². The fourth-order valence-corrected chi connectivity index (χ4v) is 1.63. The van der Waals surface area contributed by atoms with Crippen molar-refractivity contribution in [3.63, 3.8) is 0 Å². The molecule has 1 heterocycles. The molecule has 0 aliphatic heterocycles. The molecule has 0 saturated heterocycles. The first-order valence-corrected chi connectivity index (χ1v) is 6.01. The number of nitrogens with zero attached hydrogens (tertiary/aromatic N) is 1. The number of benzene rings is 1. The van der Waals surface area contributed by atoms with Crippen LogP contribution >= 0.6 is 0 Å². The van der Waals surface area contributed by atoms with Crippen LogP contribution in [-0.4, -0.2) is 37.1 Å². The summed E-state index contributed by atoms with van der Waals surface area (Å²) in [5.74, 6) is -0.384. The van der Waals surface area contributed by atoms with Gasteiger partial charge in [0.15, 0.2) is 6.61 Å². The summed E-state index contributed by atoms with van der Waals surface area (Å²) in [4.78, 5) is 26.6. The van der Waals surface area contributed by atoms with Gasteiger partial charge < -0.3 is 14.8 Å². The summed E-state index contributed by atoms with van der Waals surface area (Å²) in [6.45, 7) is -0.362. The molecule has 2 aromatic rings. The van der Waals surface area contributed by atoms with Crippen LogP contribution in [0.5, 0.6) is 5.75 Å². The lowest BCUT2D eigenvalue weighted by Gasteiger charge is -2.08. The monoisotopic (exact) mass is 274 g/mol. The van der Waals surface area contributed by atoms with Crippen molar-refractivity contribution in [3.8, 4) is 5.75 Å². The minimum absolute atomic E-state index is 0.174. The number of pyridine rings is 1. The van der Waals surface area contributed by atoms with Crippen molar-refractivity contribution >= 4 is 22.8 Å². The number of hydrogen-bond acceptors (Lipinski definition) is 5. The van der Waals surface area contributed by atoms with E-state index in [-0.39, 0.29) is 13.2 Å². The van der Waals surface area contributed by atoms with E-state index in [1.54, 1.807) is 12.3 Å². The van der Waals surface area contributed by atoms with Crippen molar-refractivity contribution in [2.45, 2.75) is 0 Å². The van der Waals surface area contributed by atoms with E-state index in [2.05, 4.69) is 15.0 Å². The molecular formula is C14H14N2O4. The molecule has 0 aliphatic carbocycles. The summed E-state index contributed by atoms with van der Waals surface area (Å²) in [5, 5.41) is 3.32. The highest BCUT2D eigenvalue weighted by Crippen LogP contribution is 2.22. The van der Waals surface area contributed by atoms with E-state index in [1.165, 1.54) is 7.11 Å². The molecule has 0 spiro atoms. The topological polar surface area (TPSA) is 77.5 Å². The van der Waals surface area contributed by atoms with Gasteiger partial charge in [-0.2, -0.15) is 0 Å². The van der Waals surface area contributed by atoms with Gasteiger partial charge in [-0.05, 0) is 12.1 Å². The number of amides is 1. The standard InChI is InChI=1S/C14H14N2O4/c1-19-13(18)8-16-12(17)9-20-11-6-2-4-10-5-3-7-15-14(10)11/h2-7H,8-9H2,1H3,(H,16,17). The van der Waals surface area contributed by atoms with Crippen LogP contribution in [0.25, 0.3) is 10.9 Å². The van der Waals surface area contributed by atoms with E-state index >= 15 is 0 Å². The van der Waals surface area contributed by atoms with E-state index in [0.717, 1.165) is 5.39 Å². The third-order valence-electron chi connectivity index (χ3n) is 2.61. The SMILES string of the molecule is COC(=O)CNC(=O)COc1cccc2cccnc12. The van der Waals surface area contributed by atoms with Gasteiger partial charge in [-0.25, -0.2) is 0 Å². The third-order valence-corrected chi connectivity index (χ3v) is 2.61. The molecule has 20 heavy (non-hydrogen) atoms. The maximum Gasteiger partial charge on any atom is 0.325 e. The van der Waals surface area contributed by atoms with Gasteiger partial charge in [0.25, 0.3) is 5.91 Å². The van der Waals surface area contributed by atoms with Crippen molar-refractivity contribution in [2.24, 2.45) is 0 Å². The highest BCUT2D eigenvalue weighted by molar-refractivity contribution is 5.85. The van der Waals surface area contributed by atoms with Gasteiger partial charge in [-0.15, -0.1) is 0 Å². The zero-order valence-corrected chi connectivity index (χ0v) is 11.0. The Bertz CT molecular complexity index is 622. The number of carbonyl (C=O) groups excluding carboxylic acids is 2. The van der Waals surface area contributed by atoms with Gasteiger partial charge >= 0.3 is 5.97 Å². The first-order valence-electron chi connectivity index (χ1n) is 6.01. The van der Waals surface area contributed by atoms with Crippen LogP contribution in [0.15, 0.2) is 36.5 Å². The fraction of sp³-hybridized carbons (Fsp3) is 0.214. The van der Waals surface area contributed by atoms with Crippen molar-refractivity contribution in [2.75, 3.05) is 20.3 Å². The van der Waals surface area contributed by atoms with Crippen LogP contribution < -0.4 is 10.1 Å². The fourth-order valence-electron chi connectivity index (χ4n) is 1.63. The molecule has 6 nitrogen and oxygen atoms in total. The number of rotatable bonds is 5. The van der Waals surface area contributed by atoms with Crippen molar-refractivity contribution in [1.82, 2.24) is 10.3 Å². The Kier molecular flexibility index (Phi) is 4.49. The molecule has 0 fully saturated rings. The first kappa shape index (κ1) is 13.8. The summed E-state index contributed by atoms with van der Waals surface area (Å²) >= 11 is 0. The Morgan fingerprint density at radius 2 is 2.05 bits per heavy atom. The van der Waals surface area contributed by atoms with Crippen molar-refractivity contribution in [3.05, 3.63) is 36.5 Å². The molecule has 0 radical (unpaired) electrons. The van der Waals surface area contributed by atoms with Crippen LogP contribution in [0.3, 0.4) is 0 Å². The van der Waals surface area contributed by atoms with Crippen LogP contribution in [0.1, 0.15) is 0 Å². The maximum atomic E-state index is 11.5. The predicted molar refractivity (Wildman–Crippen MR) is 72.3 cm³/mol. The van der Waals surface area contributed by atoms with E-state index in [0.29, 0.717) is 11.3 Å². The number of carbonyl (C=O) groups is 2. The number of aromatic nitrogens is 1. The van der Waals surface area contributed by atoms with Gasteiger partial charge in [0.1, 0.15) is 17.8 Å². The molecule has 104 valence electrons. The molecule has 2 rings (SSSR count). The molecule has 1 aromatic carbocycles. The van der Waals surface area contributed by atoms with Crippen molar-refractivity contribution < 1.29 is 19.1 Å². The highest BCUT2D eigenvalue weighted by atomic mass is 16.5. The van der Waals surface area contributed by atoms with Gasteiger partial charge in [-0.3, -0.25) is 14.6 Å². The zero-order chi connectivity index (χ0) is 14.4. The molecule has 6 heteroatoms. The van der Waals surface area contributed by atoms with Gasteiger partial charge in [-0.1, -0.05) is 18.2 Å². The van der Waals surface area contributed by atoms with Crippen LogP contribution in [0.4, 0.5) is 0 Å². The lowest BCUT2D eigenvalue weighted by Crippen LogP contribution is -2.33. The molecular weight excluding hydrogens is 260 g/mol.